The Morgan fingerprint density at radius 2 is 2.21 bits per heavy atom. The van der Waals surface area contributed by atoms with Gasteiger partial charge in [-0.25, -0.2) is 0 Å². The number of methoxy groups -OCH3 is 1. The number of rotatable bonds is 2. The van der Waals surface area contributed by atoms with E-state index in [1.807, 2.05) is 30.5 Å². The van der Waals surface area contributed by atoms with Crippen LogP contribution in [0.3, 0.4) is 0 Å². The summed E-state index contributed by atoms with van der Waals surface area (Å²) in [5, 5.41) is 4.16. The van der Waals surface area contributed by atoms with Crippen molar-refractivity contribution in [3.8, 4) is 11.6 Å². The maximum absolute atomic E-state index is 4.97. The van der Waals surface area contributed by atoms with Crippen LogP contribution < -0.4 is 4.74 Å². The molecule has 0 saturated carbocycles. The van der Waals surface area contributed by atoms with E-state index in [0.717, 1.165) is 5.69 Å². The first-order chi connectivity index (χ1) is 6.40. The fraction of sp³-hybridized carbons (Fsp3) is 0.100. The van der Waals surface area contributed by atoms with Crippen LogP contribution in [-0.2, 0) is 20.1 Å². The molecule has 0 aliphatic carbocycles. The zero-order valence-corrected chi connectivity index (χ0v) is 10.00. The summed E-state index contributed by atoms with van der Waals surface area (Å²) in [4.78, 5) is 0. The molecule has 0 aliphatic rings. The number of ether oxygens (including phenoxy) is 1. The van der Waals surface area contributed by atoms with E-state index < -0.39 is 0 Å². The van der Waals surface area contributed by atoms with Crippen LogP contribution in [0.5, 0.6) is 5.88 Å². The third-order valence-electron chi connectivity index (χ3n) is 1.71. The van der Waals surface area contributed by atoms with Crippen molar-refractivity contribution >= 4 is 0 Å². The molecule has 0 bridgehead atoms. The van der Waals surface area contributed by atoms with E-state index in [0.29, 0.717) is 5.88 Å². The molecule has 1 radical (unpaired) electrons. The predicted octanol–water partition coefficient (Wildman–Crippen LogP) is 1.68. The molecule has 14 heavy (non-hydrogen) atoms. The van der Waals surface area contributed by atoms with E-state index in [4.69, 9.17) is 4.74 Å². The molecule has 2 aromatic rings. The second kappa shape index (κ2) is 4.94. The normalized spacial score (nSPS) is 9.21. The third kappa shape index (κ3) is 2.22. The van der Waals surface area contributed by atoms with E-state index in [1.165, 1.54) is 0 Å². The zero-order valence-electron chi connectivity index (χ0n) is 7.60. The maximum Gasteiger partial charge on any atom is 0.232 e. The van der Waals surface area contributed by atoms with Crippen molar-refractivity contribution < 1.29 is 24.8 Å². The Labute approximate surface area is 96.1 Å². The van der Waals surface area contributed by atoms with Gasteiger partial charge in [-0.15, -0.1) is 11.2 Å². The first-order valence-corrected chi connectivity index (χ1v) is 3.97. The van der Waals surface area contributed by atoms with Crippen LogP contribution in [0.15, 0.2) is 36.5 Å². The standard InChI is InChI=1S/C10H9N2O.Ir/c1-13-10-7-8-12(11-10)9-5-3-2-4-6-9;/h2-5,7-8H,1H3;/q-1;. The summed E-state index contributed by atoms with van der Waals surface area (Å²) in [7, 11) is 1.60. The molecule has 1 aromatic heterocycles. The molecule has 0 saturated heterocycles. The first kappa shape index (κ1) is 11.0. The van der Waals surface area contributed by atoms with Gasteiger partial charge < -0.3 is 4.74 Å². The molecule has 1 aromatic carbocycles. The van der Waals surface area contributed by atoms with Gasteiger partial charge in [0.2, 0.25) is 5.88 Å². The van der Waals surface area contributed by atoms with E-state index in [2.05, 4.69) is 11.2 Å². The zero-order chi connectivity index (χ0) is 9.10. The largest absolute Gasteiger partial charge is 0.480 e. The predicted molar refractivity (Wildman–Crippen MR) is 49.0 cm³/mol. The number of benzene rings is 1. The summed E-state index contributed by atoms with van der Waals surface area (Å²) < 4.78 is 6.69. The van der Waals surface area contributed by atoms with Crippen LogP contribution in [0.2, 0.25) is 0 Å². The molecule has 2 rings (SSSR count). The molecule has 0 fully saturated rings. The molecule has 0 spiro atoms. The number of hydrogen-bond acceptors (Lipinski definition) is 2. The Morgan fingerprint density at radius 1 is 1.36 bits per heavy atom. The topological polar surface area (TPSA) is 27.1 Å². The minimum atomic E-state index is 0. The average molecular weight is 365 g/mol. The summed E-state index contributed by atoms with van der Waals surface area (Å²) in [6, 6.07) is 12.5. The Hall–Kier alpha value is -1.12. The Morgan fingerprint density at radius 3 is 2.79 bits per heavy atom. The summed E-state index contributed by atoms with van der Waals surface area (Å²) >= 11 is 0. The third-order valence-corrected chi connectivity index (χ3v) is 1.71. The van der Waals surface area contributed by atoms with Crippen molar-refractivity contribution in [3.63, 3.8) is 0 Å². The van der Waals surface area contributed by atoms with E-state index in [1.54, 1.807) is 17.9 Å². The van der Waals surface area contributed by atoms with Gasteiger partial charge in [0, 0.05) is 32.4 Å². The minimum absolute atomic E-state index is 0. The molecule has 0 atom stereocenters. The van der Waals surface area contributed by atoms with Gasteiger partial charge in [0.05, 0.1) is 7.11 Å². The first-order valence-electron chi connectivity index (χ1n) is 3.97. The minimum Gasteiger partial charge on any atom is -0.480 e. The van der Waals surface area contributed by atoms with Crippen LogP contribution in [0.1, 0.15) is 0 Å². The second-order valence-corrected chi connectivity index (χ2v) is 2.55. The van der Waals surface area contributed by atoms with Crippen molar-refractivity contribution in [2.24, 2.45) is 0 Å². The van der Waals surface area contributed by atoms with Gasteiger partial charge in [-0.2, -0.15) is 24.3 Å². The van der Waals surface area contributed by atoms with Crippen molar-refractivity contribution in [3.05, 3.63) is 42.6 Å². The number of hydrogen-bond donors (Lipinski definition) is 0. The SMILES string of the molecule is COc1ccn(-c2[c-]cccc2)n1.[Ir]. The van der Waals surface area contributed by atoms with Crippen molar-refractivity contribution in [1.29, 1.82) is 0 Å². The molecule has 75 valence electrons. The number of nitrogens with zero attached hydrogens (tertiary/aromatic N) is 2. The molecule has 0 N–H and O–H groups in total. The van der Waals surface area contributed by atoms with Crippen molar-refractivity contribution in [2.75, 3.05) is 7.11 Å². The van der Waals surface area contributed by atoms with E-state index >= 15 is 0 Å². The van der Waals surface area contributed by atoms with Gasteiger partial charge in [-0.05, 0) is 5.69 Å². The van der Waals surface area contributed by atoms with Crippen LogP contribution >= 0.6 is 0 Å². The van der Waals surface area contributed by atoms with Crippen LogP contribution in [0, 0.1) is 6.07 Å². The Balaban J connectivity index is 0.000000980. The van der Waals surface area contributed by atoms with Gasteiger partial charge in [0.25, 0.3) is 0 Å². The quantitative estimate of drug-likeness (QED) is 0.758. The fourth-order valence-electron chi connectivity index (χ4n) is 1.08. The molecule has 0 unspecified atom stereocenters. The van der Waals surface area contributed by atoms with Crippen LogP contribution in [0.25, 0.3) is 5.69 Å². The molecule has 1 heterocycles. The van der Waals surface area contributed by atoms with Gasteiger partial charge in [-0.3, -0.25) is 4.68 Å². The molecule has 4 heteroatoms. The maximum atomic E-state index is 4.97. The Bertz CT molecular complexity index is 386. The smallest absolute Gasteiger partial charge is 0.232 e. The molecule has 0 aliphatic heterocycles. The van der Waals surface area contributed by atoms with E-state index in [9.17, 15) is 0 Å². The summed E-state index contributed by atoms with van der Waals surface area (Å²) in [5.74, 6) is 0.609. The second-order valence-electron chi connectivity index (χ2n) is 2.55. The van der Waals surface area contributed by atoms with E-state index in [-0.39, 0.29) is 20.1 Å². The van der Waals surface area contributed by atoms with Gasteiger partial charge in [0.1, 0.15) is 0 Å². The van der Waals surface area contributed by atoms with Crippen LogP contribution in [-0.4, -0.2) is 16.9 Å². The number of aromatic nitrogens is 2. The molecule has 0 amide bonds. The Kier molecular flexibility index (Phi) is 3.86. The van der Waals surface area contributed by atoms with Crippen molar-refractivity contribution in [1.82, 2.24) is 9.78 Å². The summed E-state index contributed by atoms with van der Waals surface area (Å²) in [5.41, 5.74) is 0.908. The van der Waals surface area contributed by atoms with Gasteiger partial charge in [-0.1, -0.05) is 0 Å². The monoisotopic (exact) mass is 366 g/mol. The average Bonchev–Trinajstić information content (AvgIpc) is 2.67. The molecular weight excluding hydrogens is 356 g/mol. The molecular formula is C10H9IrN2O-. The van der Waals surface area contributed by atoms with Gasteiger partial charge >= 0.3 is 0 Å². The number of para-hydroxylation sites is 1. The van der Waals surface area contributed by atoms with Crippen molar-refractivity contribution in [2.45, 2.75) is 0 Å². The van der Waals surface area contributed by atoms with Gasteiger partial charge in [0.15, 0.2) is 0 Å². The van der Waals surface area contributed by atoms with Crippen LogP contribution in [0.4, 0.5) is 0 Å². The summed E-state index contributed by atoms with van der Waals surface area (Å²) in [6.07, 6.45) is 1.84. The fourth-order valence-corrected chi connectivity index (χ4v) is 1.08. The molecule has 3 nitrogen and oxygen atoms in total. The summed E-state index contributed by atoms with van der Waals surface area (Å²) in [6.45, 7) is 0.